The van der Waals surface area contributed by atoms with Crippen LogP contribution in [0.15, 0.2) is 47.5 Å². The summed E-state index contributed by atoms with van der Waals surface area (Å²) in [5, 5.41) is 6.76. The van der Waals surface area contributed by atoms with Gasteiger partial charge >= 0.3 is 0 Å². The summed E-state index contributed by atoms with van der Waals surface area (Å²) in [6, 6.07) is 8.85. The SMILES string of the molecule is CN(c1ccnc(Nc2cc(N3CC[N]CC3)cc(S(C)(=O)=O)c2)n1)c1ccc(F)c(Cl)c1F. The smallest absolute Gasteiger partial charge is 0.229 e. The zero-order chi connectivity index (χ0) is 24.5. The average molecular weight is 508 g/mol. The van der Waals surface area contributed by atoms with Gasteiger partial charge in [-0.25, -0.2) is 27.5 Å². The fraction of sp³-hybridized carbons (Fsp3) is 0.273. The lowest BCUT2D eigenvalue weighted by atomic mass is 10.2. The minimum absolute atomic E-state index is 0.0351. The summed E-state index contributed by atoms with van der Waals surface area (Å²) in [6.45, 7) is 2.73. The molecule has 1 fully saturated rings. The number of aromatic nitrogens is 2. The number of rotatable bonds is 6. The summed E-state index contributed by atoms with van der Waals surface area (Å²) in [5.41, 5.74) is 1.26. The van der Waals surface area contributed by atoms with E-state index in [1.165, 1.54) is 23.2 Å². The Balaban J connectivity index is 1.65. The molecule has 0 bridgehead atoms. The summed E-state index contributed by atoms with van der Waals surface area (Å²) in [4.78, 5) is 12.2. The van der Waals surface area contributed by atoms with Crippen LogP contribution >= 0.6 is 11.6 Å². The minimum atomic E-state index is -3.47. The molecule has 2 heterocycles. The maximum Gasteiger partial charge on any atom is 0.229 e. The molecule has 179 valence electrons. The van der Waals surface area contributed by atoms with E-state index in [1.807, 2.05) is 6.07 Å². The normalized spacial score (nSPS) is 14.2. The molecule has 1 radical (unpaired) electrons. The highest BCUT2D eigenvalue weighted by Gasteiger charge is 2.19. The summed E-state index contributed by atoms with van der Waals surface area (Å²) < 4.78 is 52.6. The molecule has 34 heavy (non-hydrogen) atoms. The summed E-state index contributed by atoms with van der Waals surface area (Å²) >= 11 is 5.70. The first-order valence-corrected chi connectivity index (χ1v) is 12.6. The van der Waals surface area contributed by atoms with Gasteiger partial charge in [-0.3, -0.25) is 0 Å². The topological polar surface area (TPSA) is 92.5 Å². The lowest BCUT2D eigenvalue weighted by Crippen LogP contribution is -2.40. The third-order valence-electron chi connectivity index (χ3n) is 5.36. The highest BCUT2D eigenvalue weighted by atomic mass is 35.5. The quantitative estimate of drug-likeness (QED) is 0.508. The second kappa shape index (κ2) is 9.69. The van der Waals surface area contributed by atoms with Crippen molar-refractivity contribution >= 4 is 50.3 Å². The van der Waals surface area contributed by atoms with Crippen LogP contribution in [-0.4, -0.2) is 57.9 Å². The molecule has 1 aliphatic heterocycles. The van der Waals surface area contributed by atoms with E-state index in [0.717, 1.165) is 18.0 Å². The van der Waals surface area contributed by atoms with Gasteiger partial charge in [-0.1, -0.05) is 11.6 Å². The van der Waals surface area contributed by atoms with Crippen LogP contribution in [0, 0.1) is 11.6 Å². The van der Waals surface area contributed by atoms with E-state index in [4.69, 9.17) is 11.6 Å². The molecule has 0 saturated carbocycles. The molecular formula is C22H22ClF2N6O2S. The van der Waals surface area contributed by atoms with Gasteiger partial charge in [0.1, 0.15) is 16.7 Å². The van der Waals surface area contributed by atoms with E-state index in [9.17, 15) is 17.2 Å². The van der Waals surface area contributed by atoms with Crippen molar-refractivity contribution in [3.05, 3.63) is 59.3 Å². The van der Waals surface area contributed by atoms with Crippen LogP contribution in [-0.2, 0) is 9.84 Å². The fourth-order valence-corrected chi connectivity index (χ4v) is 4.38. The molecule has 0 atom stereocenters. The number of halogens is 3. The molecule has 1 N–H and O–H groups in total. The molecule has 1 aliphatic rings. The molecule has 2 aromatic carbocycles. The zero-order valence-electron chi connectivity index (χ0n) is 18.5. The maximum absolute atomic E-state index is 14.5. The molecule has 3 aromatic rings. The summed E-state index contributed by atoms with van der Waals surface area (Å²) in [5.74, 6) is -1.28. The third kappa shape index (κ3) is 5.21. The first kappa shape index (κ1) is 24.1. The number of nitrogens with one attached hydrogen (secondary N) is 1. The van der Waals surface area contributed by atoms with Crippen molar-refractivity contribution in [1.82, 2.24) is 15.3 Å². The van der Waals surface area contributed by atoms with Crippen molar-refractivity contribution in [2.75, 3.05) is 54.6 Å². The van der Waals surface area contributed by atoms with E-state index >= 15 is 0 Å². The number of nitrogens with zero attached hydrogens (tertiary/aromatic N) is 5. The van der Waals surface area contributed by atoms with Crippen LogP contribution in [0.25, 0.3) is 0 Å². The largest absolute Gasteiger partial charge is 0.369 e. The van der Waals surface area contributed by atoms with Gasteiger partial charge in [0.15, 0.2) is 15.7 Å². The summed E-state index contributed by atoms with van der Waals surface area (Å²) in [6.07, 6.45) is 2.62. The van der Waals surface area contributed by atoms with E-state index in [2.05, 4.69) is 25.5 Å². The monoisotopic (exact) mass is 507 g/mol. The molecule has 0 aliphatic carbocycles. The predicted molar refractivity (Wildman–Crippen MR) is 128 cm³/mol. The first-order valence-electron chi connectivity index (χ1n) is 10.3. The zero-order valence-corrected chi connectivity index (χ0v) is 20.0. The Morgan fingerprint density at radius 2 is 1.85 bits per heavy atom. The van der Waals surface area contributed by atoms with Crippen molar-refractivity contribution in [3.8, 4) is 0 Å². The van der Waals surface area contributed by atoms with E-state index in [-0.39, 0.29) is 16.5 Å². The second-order valence-electron chi connectivity index (χ2n) is 7.76. The summed E-state index contributed by atoms with van der Waals surface area (Å²) in [7, 11) is -1.91. The Bertz CT molecular complexity index is 1320. The number of sulfone groups is 1. The van der Waals surface area contributed by atoms with Gasteiger partial charge < -0.3 is 15.1 Å². The highest BCUT2D eigenvalue weighted by molar-refractivity contribution is 7.90. The maximum atomic E-state index is 14.5. The minimum Gasteiger partial charge on any atom is -0.369 e. The number of benzene rings is 2. The molecule has 0 spiro atoms. The Kier molecular flexibility index (Phi) is 6.87. The second-order valence-corrected chi connectivity index (χ2v) is 10.2. The van der Waals surface area contributed by atoms with E-state index in [1.54, 1.807) is 19.2 Å². The molecule has 12 heteroatoms. The molecule has 0 amide bonds. The molecule has 1 aromatic heterocycles. The fourth-order valence-electron chi connectivity index (χ4n) is 3.54. The van der Waals surface area contributed by atoms with E-state index in [0.29, 0.717) is 37.7 Å². The van der Waals surface area contributed by atoms with Crippen LogP contribution in [0.4, 0.5) is 37.6 Å². The molecule has 0 unspecified atom stereocenters. The first-order chi connectivity index (χ1) is 16.1. The van der Waals surface area contributed by atoms with Crippen molar-refractivity contribution in [2.24, 2.45) is 0 Å². The van der Waals surface area contributed by atoms with Gasteiger partial charge in [0, 0.05) is 57.1 Å². The van der Waals surface area contributed by atoms with Crippen molar-refractivity contribution < 1.29 is 17.2 Å². The van der Waals surface area contributed by atoms with Crippen molar-refractivity contribution in [2.45, 2.75) is 4.90 Å². The van der Waals surface area contributed by atoms with Crippen LogP contribution in [0.1, 0.15) is 0 Å². The van der Waals surface area contributed by atoms with Gasteiger partial charge in [-0.15, -0.1) is 0 Å². The lowest BCUT2D eigenvalue weighted by Gasteiger charge is -2.29. The Labute approximate surface area is 201 Å². The van der Waals surface area contributed by atoms with Gasteiger partial charge in [0.05, 0.1) is 10.6 Å². The van der Waals surface area contributed by atoms with Crippen LogP contribution < -0.4 is 20.4 Å². The van der Waals surface area contributed by atoms with Gasteiger partial charge in [-0.05, 0) is 36.4 Å². The van der Waals surface area contributed by atoms with Crippen LogP contribution in [0.2, 0.25) is 5.02 Å². The van der Waals surface area contributed by atoms with E-state index < -0.39 is 26.5 Å². The highest BCUT2D eigenvalue weighted by Crippen LogP contribution is 2.32. The number of anilines is 5. The van der Waals surface area contributed by atoms with Crippen molar-refractivity contribution in [3.63, 3.8) is 0 Å². The number of hydrogen-bond acceptors (Lipinski definition) is 7. The standard InChI is InChI=1S/C22H22ClF2N6O2S/c1-30(18-4-3-17(24)20(23)21(18)25)19-5-6-27-22(29-19)28-14-11-15(31-9-7-26-8-10-31)13-16(12-14)34(2,32)33/h3-6,11-13H,7-10H2,1-2H3,(H,27,28,29). The van der Waals surface area contributed by atoms with Gasteiger partial charge in [0.25, 0.3) is 0 Å². The number of hydrogen-bond donors (Lipinski definition) is 1. The number of piperazine rings is 1. The van der Waals surface area contributed by atoms with Gasteiger partial charge in [-0.2, -0.15) is 4.98 Å². The average Bonchev–Trinajstić information content (AvgIpc) is 2.82. The Hall–Kier alpha value is -3.02. The molecular weight excluding hydrogens is 486 g/mol. The van der Waals surface area contributed by atoms with Gasteiger partial charge in [0.2, 0.25) is 5.95 Å². The predicted octanol–water partition coefficient (Wildman–Crippen LogP) is 3.75. The molecule has 1 saturated heterocycles. The third-order valence-corrected chi connectivity index (χ3v) is 6.80. The van der Waals surface area contributed by atoms with Crippen molar-refractivity contribution in [1.29, 1.82) is 0 Å². The molecule has 8 nitrogen and oxygen atoms in total. The van der Waals surface area contributed by atoms with Crippen LogP contribution in [0.5, 0.6) is 0 Å². The molecule has 4 rings (SSSR count). The lowest BCUT2D eigenvalue weighted by molar-refractivity contribution is 0.578. The Morgan fingerprint density at radius 3 is 2.56 bits per heavy atom. The Morgan fingerprint density at radius 1 is 1.12 bits per heavy atom. The van der Waals surface area contributed by atoms with Crippen LogP contribution in [0.3, 0.4) is 0 Å².